The van der Waals surface area contributed by atoms with Gasteiger partial charge in [0.05, 0.1) is 11.2 Å². The Labute approximate surface area is 152 Å². The van der Waals surface area contributed by atoms with E-state index in [4.69, 9.17) is 22.1 Å². The average Bonchev–Trinajstić information content (AvgIpc) is 2.90. The Kier molecular flexibility index (Phi) is 4.37. The highest BCUT2D eigenvalue weighted by molar-refractivity contribution is 6.39. The van der Waals surface area contributed by atoms with Gasteiger partial charge in [0, 0.05) is 31.2 Å². The predicted molar refractivity (Wildman–Crippen MR) is 98.2 cm³/mol. The zero-order valence-electron chi connectivity index (χ0n) is 14.0. The number of pyridine rings is 1. The quantitative estimate of drug-likeness (QED) is 0.887. The number of halogens is 1. The molecular weight excluding hydrogens is 340 g/mol. The Morgan fingerprint density at radius 1 is 1.40 bits per heavy atom. The summed E-state index contributed by atoms with van der Waals surface area (Å²) in [5.74, 6) is 1.50. The number of aromatic nitrogens is 1. The van der Waals surface area contributed by atoms with Crippen molar-refractivity contribution in [1.82, 2.24) is 14.9 Å². The normalized spacial score (nSPS) is 26.4. The summed E-state index contributed by atoms with van der Waals surface area (Å²) >= 11 is 6.12. The highest BCUT2D eigenvalue weighted by Gasteiger charge is 2.33. The van der Waals surface area contributed by atoms with E-state index in [9.17, 15) is 0 Å². The molecule has 1 aromatic heterocycles. The van der Waals surface area contributed by atoms with Gasteiger partial charge in [-0.2, -0.15) is 0 Å². The Hall–Kier alpha value is -2.09. The van der Waals surface area contributed by atoms with Crippen molar-refractivity contribution in [3.63, 3.8) is 0 Å². The van der Waals surface area contributed by atoms with Gasteiger partial charge in [-0.1, -0.05) is 11.6 Å². The third-order valence-electron chi connectivity index (χ3n) is 4.52. The van der Waals surface area contributed by atoms with Gasteiger partial charge in [-0.3, -0.25) is 9.99 Å². The summed E-state index contributed by atoms with van der Waals surface area (Å²) in [7, 11) is 2.12. The van der Waals surface area contributed by atoms with E-state index in [1.807, 2.05) is 22.2 Å². The first-order chi connectivity index (χ1) is 12.1. The molecule has 0 radical (unpaired) electrons. The number of allylic oxidation sites excluding steroid dienone is 1. The Bertz CT molecular complexity index is 748. The summed E-state index contributed by atoms with van der Waals surface area (Å²) in [6.07, 6.45) is 10.7. The number of likely N-dealkylation sites (N-methyl/N-ethyl adjacent to an activating group) is 1. The molecular formula is C17H21ClN6O. The summed E-state index contributed by atoms with van der Waals surface area (Å²) in [6, 6.07) is 1.88. The van der Waals surface area contributed by atoms with Gasteiger partial charge in [0.2, 0.25) is 0 Å². The smallest absolute Gasteiger partial charge is 0.150 e. The molecule has 0 amide bonds. The summed E-state index contributed by atoms with van der Waals surface area (Å²) < 4.78 is 6.30. The van der Waals surface area contributed by atoms with Crippen molar-refractivity contribution in [2.75, 3.05) is 25.1 Å². The Morgan fingerprint density at radius 2 is 2.28 bits per heavy atom. The molecule has 7 nitrogen and oxygen atoms in total. The summed E-state index contributed by atoms with van der Waals surface area (Å²) in [6.45, 7) is 2.03. The summed E-state index contributed by atoms with van der Waals surface area (Å²) in [4.78, 5) is 10.9. The Morgan fingerprint density at radius 3 is 3.12 bits per heavy atom. The van der Waals surface area contributed by atoms with Gasteiger partial charge < -0.3 is 15.4 Å². The number of fused-ring (bicyclic) bond motifs is 1. The number of nitrogens with two attached hydrogens (primary N) is 1. The zero-order valence-corrected chi connectivity index (χ0v) is 14.8. The van der Waals surface area contributed by atoms with Crippen LogP contribution in [0.4, 0.5) is 5.69 Å². The first-order valence-electron chi connectivity index (χ1n) is 8.38. The second-order valence-corrected chi connectivity index (χ2v) is 6.90. The van der Waals surface area contributed by atoms with Crippen LogP contribution in [-0.4, -0.2) is 53.5 Å². The molecule has 1 fully saturated rings. The molecule has 4 heterocycles. The van der Waals surface area contributed by atoms with Gasteiger partial charge in [0.15, 0.2) is 5.82 Å². The van der Waals surface area contributed by atoms with Crippen LogP contribution in [0, 0.1) is 0 Å². The standard InChI is InChI=1S/C17H21ClN6O/c1-22-6-2-3-13(11-22)25-15-4-5-20-9-14(15)24-16(19)7-17-21-8-12(18)10-23(17)24/h4-5,7-10,13,16H,2-3,6,11,19H2,1H3. The van der Waals surface area contributed by atoms with E-state index in [0.717, 1.165) is 43.2 Å². The molecule has 1 saturated heterocycles. The van der Waals surface area contributed by atoms with Crippen LogP contribution in [0.2, 0.25) is 0 Å². The molecule has 2 N–H and O–H groups in total. The fraction of sp³-hybridized carbons (Fsp3) is 0.412. The van der Waals surface area contributed by atoms with Crippen molar-refractivity contribution in [3.05, 3.63) is 41.6 Å². The summed E-state index contributed by atoms with van der Waals surface area (Å²) in [5.41, 5.74) is 7.11. The van der Waals surface area contributed by atoms with E-state index < -0.39 is 0 Å². The van der Waals surface area contributed by atoms with Crippen LogP contribution in [0.15, 0.2) is 46.6 Å². The van der Waals surface area contributed by atoms with Gasteiger partial charge in [-0.05, 0) is 32.5 Å². The number of hydrazine groups is 1. The van der Waals surface area contributed by atoms with Gasteiger partial charge in [0.1, 0.15) is 23.7 Å². The van der Waals surface area contributed by atoms with E-state index in [1.54, 1.807) is 24.8 Å². The predicted octanol–water partition coefficient (Wildman–Crippen LogP) is 1.88. The molecule has 4 rings (SSSR count). The van der Waals surface area contributed by atoms with Crippen molar-refractivity contribution in [3.8, 4) is 5.75 Å². The minimum Gasteiger partial charge on any atom is -0.487 e. The highest BCUT2D eigenvalue weighted by atomic mass is 35.5. The number of likely N-dealkylation sites (tertiary alicyclic amines) is 1. The van der Waals surface area contributed by atoms with E-state index in [2.05, 4.69) is 21.9 Å². The third-order valence-corrected chi connectivity index (χ3v) is 4.71. The van der Waals surface area contributed by atoms with E-state index >= 15 is 0 Å². The lowest BCUT2D eigenvalue weighted by atomic mass is 10.1. The third kappa shape index (κ3) is 3.22. The molecule has 25 heavy (non-hydrogen) atoms. The topological polar surface area (TPSA) is 70.2 Å². The fourth-order valence-electron chi connectivity index (χ4n) is 3.38. The molecule has 2 atom stereocenters. The second-order valence-electron chi connectivity index (χ2n) is 6.46. The number of anilines is 1. The molecule has 0 bridgehead atoms. The van der Waals surface area contributed by atoms with Gasteiger partial charge in [-0.15, -0.1) is 0 Å². The number of piperidine rings is 1. The van der Waals surface area contributed by atoms with Crippen LogP contribution < -0.4 is 15.5 Å². The van der Waals surface area contributed by atoms with Crippen molar-refractivity contribution >= 4 is 23.5 Å². The molecule has 0 spiro atoms. The largest absolute Gasteiger partial charge is 0.487 e. The fourth-order valence-corrected chi connectivity index (χ4v) is 3.52. The van der Waals surface area contributed by atoms with Crippen LogP contribution in [0.25, 0.3) is 0 Å². The lowest BCUT2D eigenvalue weighted by Gasteiger charge is -2.35. The molecule has 8 heteroatoms. The second kappa shape index (κ2) is 6.67. The average molecular weight is 361 g/mol. The molecule has 0 saturated carbocycles. The Balaban J connectivity index is 1.62. The van der Waals surface area contributed by atoms with Crippen LogP contribution in [0.5, 0.6) is 5.75 Å². The van der Waals surface area contributed by atoms with Crippen molar-refractivity contribution in [1.29, 1.82) is 0 Å². The van der Waals surface area contributed by atoms with Crippen LogP contribution in [-0.2, 0) is 0 Å². The molecule has 2 unspecified atom stereocenters. The van der Waals surface area contributed by atoms with Gasteiger partial charge in [0.25, 0.3) is 0 Å². The number of rotatable bonds is 3. The number of aliphatic imine (C=N–C) groups is 1. The number of ether oxygens (including phenoxy) is 1. The number of hydrogen-bond acceptors (Lipinski definition) is 7. The van der Waals surface area contributed by atoms with Gasteiger partial charge >= 0.3 is 0 Å². The first kappa shape index (κ1) is 16.4. The molecule has 3 aliphatic heterocycles. The van der Waals surface area contributed by atoms with Crippen LogP contribution >= 0.6 is 11.6 Å². The van der Waals surface area contributed by atoms with E-state index in [0.29, 0.717) is 5.03 Å². The monoisotopic (exact) mass is 360 g/mol. The molecule has 1 aromatic rings. The van der Waals surface area contributed by atoms with Crippen LogP contribution in [0.3, 0.4) is 0 Å². The number of nitrogens with zero attached hydrogens (tertiary/aromatic N) is 5. The molecule has 3 aliphatic rings. The minimum absolute atomic E-state index is 0.157. The van der Waals surface area contributed by atoms with Crippen molar-refractivity contribution in [2.24, 2.45) is 10.7 Å². The molecule has 0 aliphatic carbocycles. The van der Waals surface area contributed by atoms with Crippen molar-refractivity contribution in [2.45, 2.75) is 25.1 Å². The van der Waals surface area contributed by atoms with E-state index in [-0.39, 0.29) is 12.3 Å². The van der Waals surface area contributed by atoms with Gasteiger partial charge in [-0.25, -0.2) is 10.0 Å². The first-order valence-corrected chi connectivity index (χ1v) is 8.76. The highest BCUT2D eigenvalue weighted by Crippen LogP contribution is 2.37. The number of hydrogen-bond donors (Lipinski definition) is 1. The lowest BCUT2D eigenvalue weighted by molar-refractivity contribution is 0.104. The van der Waals surface area contributed by atoms with Crippen molar-refractivity contribution < 1.29 is 4.74 Å². The molecule has 0 aromatic carbocycles. The lowest BCUT2D eigenvalue weighted by Crippen LogP contribution is -2.45. The minimum atomic E-state index is -0.369. The maximum Gasteiger partial charge on any atom is 0.150 e. The zero-order chi connectivity index (χ0) is 17.4. The van der Waals surface area contributed by atoms with Crippen LogP contribution in [0.1, 0.15) is 12.8 Å². The van der Waals surface area contributed by atoms with E-state index in [1.165, 1.54) is 0 Å². The summed E-state index contributed by atoms with van der Waals surface area (Å²) in [5, 5.41) is 4.27. The maximum absolute atomic E-state index is 6.31. The maximum atomic E-state index is 6.31. The SMILES string of the molecule is CN1CCCC(Oc2ccncc2N2C(N)C=C3N=CC(Cl)=CN32)C1. The molecule has 132 valence electrons.